The van der Waals surface area contributed by atoms with E-state index in [1.165, 1.54) is 0 Å². The molecule has 9 heteroatoms. The molecular weight excluding hydrogens is 436 g/mol. The number of nitrogens with one attached hydrogen (secondary N) is 2. The van der Waals surface area contributed by atoms with Crippen LogP contribution in [0, 0.1) is 6.92 Å². The number of rotatable bonds is 4. The number of anilines is 2. The maximum absolute atomic E-state index is 13.3. The first kappa shape index (κ1) is 19.1. The summed E-state index contributed by atoms with van der Waals surface area (Å²) in [5.41, 5.74) is 3.72. The van der Waals surface area contributed by atoms with E-state index < -0.39 is 6.04 Å². The zero-order valence-corrected chi connectivity index (χ0v) is 17.7. The number of carbonyl (C=O) groups is 1. The number of ether oxygens (including phenoxy) is 1. The third kappa shape index (κ3) is 3.61. The van der Waals surface area contributed by atoms with Crippen molar-refractivity contribution in [2.75, 3.05) is 17.7 Å². The normalized spacial score (nSPS) is 15.5. The zero-order valence-electron chi connectivity index (χ0n) is 16.1. The molecule has 0 saturated heterocycles. The van der Waals surface area contributed by atoms with Crippen LogP contribution in [0.2, 0.25) is 0 Å². The Bertz CT molecular complexity index is 1120. The van der Waals surface area contributed by atoms with Gasteiger partial charge >= 0.3 is 0 Å². The van der Waals surface area contributed by atoms with Crippen molar-refractivity contribution < 1.29 is 9.53 Å². The number of aryl methyl sites for hydroxylation is 1. The van der Waals surface area contributed by atoms with Crippen LogP contribution in [0.4, 0.5) is 11.6 Å². The first-order valence-corrected chi connectivity index (χ1v) is 9.74. The van der Waals surface area contributed by atoms with E-state index in [9.17, 15) is 4.79 Å². The second-order valence-corrected chi connectivity index (χ2v) is 7.64. The lowest BCUT2D eigenvalue weighted by molar-refractivity contribution is -0.113. The molecule has 2 heterocycles. The van der Waals surface area contributed by atoms with Gasteiger partial charge in [-0.1, -0.05) is 33.2 Å². The van der Waals surface area contributed by atoms with Crippen molar-refractivity contribution in [3.05, 3.63) is 69.3 Å². The van der Waals surface area contributed by atoms with Gasteiger partial charge < -0.3 is 15.4 Å². The van der Waals surface area contributed by atoms with Crippen molar-refractivity contribution in [2.24, 2.45) is 0 Å². The molecule has 0 fully saturated rings. The molecule has 2 aromatic carbocycles. The van der Waals surface area contributed by atoms with Gasteiger partial charge in [0.2, 0.25) is 5.95 Å². The Morgan fingerprint density at radius 2 is 2.07 bits per heavy atom. The molecule has 0 bridgehead atoms. The zero-order chi connectivity index (χ0) is 20.5. The Labute approximate surface area is 176 Å². The van der Waals surface area contributed by atoms with Crippen LogP contribution in [0.3, 0.4) is 0 Å². The lowest BCUT2D eigenvalue weighted by Gasteiger charge is -2.29. The SMILES string of the molecule is COc1ccc(Br)cc1C1C(C(=O)Nc2cccc(C)c2)=C(C)Nc2nnnn21. The summed E-state index contributed by atoms with van der Waals surface area (Å²) >= 11 is 3.51. The molecule has 0 aliphatic carbocycles. The predicted molar refractivity (Wildman–Crippen MR) is 113 cm³/mol. The summed E-state index contributed by atoms with van der Waals surface area (Å²) < 4.78 is 8.01. The minimum absolute atomic E-state index is 0.242. The quantitative estimate of drug-likeness (QED) is 0.624. The number of methoxy groups -OCH3 is 1. The van der Waals surface area contributed by atoms with Gasteiger partial charge in [0, 0.05) is 21.4 Å². The fourth-order valence-corrected chi connectivity index (χ4v) is 3.81. The van der Waals surface area contributed by atoms with E-state index in [1.54, 1.807) is 11.8 Å². The van der Waals surface area contributed by atoms with Crippen molar-refractivity contribution in [2.45, 2.75) is 19.9 Å². The number of allylic oxidation sites excluding steroid dienone is 1. The first-order valence-electron chi connectivity index (χ1n) is 8.95. The Morgan fingerprint density at radius 3 is 2.83 bits per heavy atom. The van der Waals surface area contributed by atoms with Gasteiger partial charge in [-0.3, -0.25) is 4.79 Å². The summed E-state index contributed by atoms with van der Waals surface area (Å²) in [7, 11) is 1.59. The summed E-state index contributed by atoms with van der Waals surface area (Å²) in [6.07, 6.45) is 0. The standard InChI is InChI=1S/C20H19BrN6O2/c1-11-5-4-6-14(9-11)23-19(28)17-12(2)22-20-24-25-26-27(20)18(17)15-10-13(21)7-8-16(15)29-3/h4-10,18H,1-3H3,(H,23,28)(H,22,24,26). The van der Waals surface area contributed by atoms with E-state index >= 15 is 0 Å². The second-order valence-electron chi connectivity index (χ2n) is 6.72. The van der Waals surface area contributed by atoms with Crippen molar-refractivity contribution in [3.8, 4) is 5.75 Å². The smallest absolute Gasteiger partial charge is 0.255 e. The molecule has 1 amide bonds. The molecule has 0 radical (unpaired) electrons. The molecule has 29 heavy (non-hydrogen) atoms. The minimum Gasteiger partial charge on any atom is -0.496 e. The Hall–Kier alpha value is -3.20. The van der Waals surface area contributed by atoms with Crippen molar-refractivity contribution >= 4 is 33.5 Å². The van der Waals surface area contributed by atoms with Gasteiger partial charge in [-0.15, -0.1) is 0 Å². The lowest BCUT2D eigenvalue weighted by atomic mass is 9.94. The monoisotopic (exact) mass is 454 g/mol. The van der Waals surface area contributed by atoms with E-state index in [2.05, 4.69) is 42.1 Å². The van der Waals surface area contributed by atoms with E-state index in [1.807, 2.05) is 56.3 Å². The van der Waals surface area contributed by atoms with E-state index in [0.29, 0.717) is 23.0 Å². The highest BCUT2D eigenvalue weighted by Crippen LogP contribution is 2.40. The largest absolute Gasteiger partial charge is 0.496 e. The number of nitrogens with zero attached hydrogens (tertiary/aromatic N) is 4. The average molecular weight is 455 g/mol. The highest BCUT2D eigenvalue weighted by atomic mass is 79.9. The van der Waals surface area contributed by atoms with E-state index in [-0.39, 0.29) is 5.91 Å². The number of aromatic nitrogens is 4. The summed E-state index contributed by atoms with van der Waals surface area (Å²) in [5.74, 6) is 0.852. The maximum atomic E-state index is 13.3. The fourth-order valence-electron chi connectivity index (χ4n) is 3.43. The lowest BCUT2D eigenvalue weighted by Crippen LogP contribution is -2.31. The summed E-state index contributed by atoms with van der Waals surface area (Å²) in [6, 6.07) is 12.7. The molecule has 4 rings (SSSR count). The molecule has 1 unspecified atom stereocenters. The molecule has 8 nitrogen and oxygen atoms in total. The first-order chi connectivity index (χ1) is 14.0. The molecule has 3 aromatic rings. The molecule has 0 saturated carbocycles. The molecule has 2 N–H and O–H groups in total. The third-order valence-electron chi connectivity index (χ3n) is 4.72. The number of tetrazole rings is 1. The van der Waals surface area contributed by atoms with Gasteiger partial charge in [-0.05, 0) is 60.2 Å². The molecule has 148 valence electrons. The van der Waals surface area contributed by atoms with Crippen LogP contribution in [0.15, 0.2) is 58.2 Å². The van der Waals surface area contributed by atoms with Crippen LogP contribution in [-0.4, -0.2) is 33.2 Å². The van der Waals surface area contributed by atoms with Crippen LogP contribution >= 0.6 is 15.9 Å². The Kier molecular flexibility index (Phi) is 5.06. The van der Waals surface area contributed by atoms with Crippen LogP contribution < -0.4 is 15.4 Å². The number of amides is 1. The number of hydrogen-bond donors (Lipinski definition) is 2. The van der Waals surface area contributed by atoms with Gasteiger partial charge in [0.25, 0.3) is 5.91 Å². The van der Waals surface area contributed by atoms with E-state index in [0.717, 1.165) is 21.3 Å². The van der Waals surface area contributed by atoms with Crippen molar-refractivity contribution in [1.82, 2.24) is 20.2 Å². The van der Waals surface area contributed by atoms with Crippen LogP contribution in [0.1, 0.15) is 24.1 Å². The van der Waals surface area contributed by atoms with Crippen LogP contribution in [0.25, 0.3) is 0 Å². The number of hydrogen-bond acceptors (Lipinski definition) is 6. The fraction of sp³-hybridized carbons (Fsp3) is 0.200. The third-order valence-corrected chi connectivity index (χ3v) is 5.21. The van der Waals surface area contributed by atoms with Gasteiger partial charge in [0.05, 0.1) is 12.7 Å². The van der Waals surface area contributed by atoms with E-state index in [4.69, 9.17) is 4.74 Å². The number of halogens is 1. The van der Waals surface area contributed by atoms with Crippen molar-refractivity contribution in [3.63, 3.8) is 0 Å². The number of benzene rings is 2. The van der Waals surface area contributed by atoms with Gasteiger partial charge in [0.15, 0.2) is 0 Å². The molecule has 1 aliphatic heterocycles. The molecular formula is C20H19BrN6O2. The Balaban J connectivity index is 1.82. The van der Waals surface area contributed by atoms with Crippen LogP contribution in [0.5, 0.6) is 5.75 Å². The van der Waals surface area contributed by atoms with Crippen molar-refractivity contribution in [1.29, 1.82) is 0 Å². The minimum atomic E-state index is -0.557. The highest BCUT2D eigenvalue weighted by molar-refractivity contribution is 9.10. The average Bonchev–Trinajstić information content (AvgIpc) is 3.14. The second kappa shape index (κ2) is 7.67. The summed E-state index contributed by atoms with van der Waals surface area (Å²) in [5, 5.41) is 18.0. The number of carbonyl (C=O) groups excluding carboxylic acids is 1. The Morgan fingerprint density at radius 1 is 1.24 bits per heavy atom. The molecule has 0 spiro atoms. The number of fused-ring (bicyclic) bond motifs is 1. The highest BCUT2D eigenvalue weighted by Gasteiger charge is 2.35. The molecule has 1 aromatic heterocycles. The van der Waals surface area contributed by atoms with Gasteiger partial charge in [-0.2, -0.15) is 4.68 Å². The summed E-state index contributed by atoms with van der Waals surface area (Å²) in [6.45, 7) is 3.81. The van der Waals surface area contributed by atoms with Gasteiger partial charge in [-0.25, -0.2) is 0 Å². The predicted octanol–water partition coefficient (Wildman–Crippen LogP) is 3.68. The maximum Gasteiger partial charge on any atom is 0.255 e. The molecule has 1 atom stereocenters. The summed E-state index contributed by atoms with van der Waals surface area (Å²) in [4.78, 5) is 13.3. The van der Waals surface area contributed by atoms with Gasteiger partial charge in [0.1, 0.15) is 11.8 Å². The topological polar surface area (TPSA) is 94.0 Å². The van der Waals surface area contributed by atoms with Crippen LogP contribution in [-0.2, 0) is 4.79 Å². The molecule has 1 aliphatic rings.